The Morgan fingerprint density at radius 3 is 2.74 bits per heavy atom. The van der Waals surface area contributed by atoms with Gasteiger partial charge in [0.1, 0.15) is 0 Å². The summed E-state index contributed by atoms with van der Waals surface area (Å²) in [5, 5.41) is 11.3. The number of anilines is 1. The number of aliphatic hydroxyl groups is 1. The molecule has 0 unspecified atom stereocenters. The van der Waals surface area contributed by atoms with Gasteiger partial charge in [-0.15, -0.1) is 0 Å². The molecule has 31 heavy (non-hydrogen) atoms. The van der Waals surface area contributed by atoms with Crippen LogP contribution in [0.2, 0.25) is 0 Å². The molecule has 0 bridgehead atoms. The van der Waals surface area contributed by atoms with Crippen molar-refractivity contribution in [3.63, 3.8) is 0 Å². The summed E-state index contributed by atoms with van der Waals surface area (Å²) in [7, 11) is 0. The lowest BCUT2D eigenvalue weighted by molar-refractivity contribution is -0.0238. The highest BCUT2D eigenvalue weighted by molar-refractivity contribution is 5.85. The van der Waals surface area contributed by atoms with Crippen molar-refractivity contribution in [1.29, 1.82) is 0 Å². The van der Waals surface area contributed by atoms with E-state index in [1.54, 1.807) is 5.57 Å². The van der Waals surface area contributed by atoms with E-state index in [1.165, 1.54) is 36.8 Å². The number of nitrogens with two attached hydrogens (primary N) is 1. The third-order valence-electron chi connectivity index (χ3n) is 9.57. The third kappa shape index (κ3) is 2.77. The Labute approximate surface area is 184 Å². The number of hydrogen-bond acceptors (Lipinski definition) is 4. The van der Waals surface area contributed by atoms with Crippen molar-refractivity contribution >= 4 is 22.4 Å². The second-order valence-corrected chi connectivity index (χ2v) is 11.0. The van der Waals surface area contributed by atoms with Crippen LogP contribution in [0.3, 0.4) is 0 Å². The molecular formula is C27H33N3O. The molecule has 6 atom stereocenters. The molecule has 2 aromatic rings. The van der Waals surface area contributed by atoms with E-state index >= 15 is 0 Å². The lowest BCUT2D eigenvalue weighted by Crippen LogP contribution is -2.49. The number of benzene rings is 1. The molecule has 4 aliphatic carbocycles. The van der Waals surface area contributed by atoms with Gasteiger partial charge in [0.05, 0.1) is 11.6 Å². The van der Waals surface area contributed by atoms with Gasteiger partial charge < -0.3 is 10.8 Å². The van der Waals surface area contributed by atoms with Gasteiger partial charge in [-0.1, -0.05) is 37.6 Å². The maximum absolute atomic E-state index is 10.2. The maximum atomic E-state index is 10.2. The molecule has 3 N–H and O–H groups in total. The normalized spacial score (nSPS) is 39.3. The van der Waals surface area contributed by atoms with Crippen molar-refractivity contribution < 1.29 is 5.11 Å². The number of aliphatic hydroxyl groups excluding tert-OH is 1. The number of allylic oxidation sites excluding steroid dienone is 3. The van der Waals surface area contributed by atoms with E-state index in [-0.39, 0.29) is 11.5 Å². The van der Waals surface area contributed by atoms with Crippen LogP contribution in [0.15, 0.2) is 42.1 Å². The summed E-state index contributed by atoms with van der Waals surface area (Å²) in [4.78, 5) is 8.57. The van der Waals surface area contributed by atoms with E-state index in [0.29, 0.717) is 17.3 Å². The standard InChI is InChI=1S/C27H33N3O/c1-26-11-9-19(31)14-18(26)4-5-20-22-7-6-21(27(22,2)12-10-23(20)26)16-3-8-24-17(13-16)15-29-25(28)30-24/h3-4,6,8,13,15,19-20,22-23,31H,5,7,9-12,14H2,1-2H3,(H2,28,29,30)/t19-,20-,22-,23-,26-,27+/m0/s1. The molecule has 0 aliphatic heterocycles. The van der Waals surface area contributed by atoms with Crippen LogP contribution in [0, 0.1) is 28.6 Å². The number of nitrogen functional groups attached to an aromatic ring is 1. The van der Waals surface area contributed by atoms with Crippen LogP contribution in [-0.4, -0.2) is 21.2 Å². The average Bonchev–Trinajstić information content (AvgIpc) is 3.11. The average molecular weight is 416 g/mol. The molecule has 1 aromatic heterocycles. The molecule has 4 nitrogen and oxygen atoms in total. The van der Waals surface area contributed by atoms with Crippen molar-refractivity contribution in [3.8, 4) is 0 Å². The quantitative estimate of drug-likeness (QED) is 0.601. The number of hydrogen-bond donors (Lipinski definition) is 2. The predicted molar refractivity (Wildman–Crippen MR) is 125 cm³/mol. The van der Waals surface area contributed by atoms with Crippen LogP contribution in [-0.2, 0) is 0 Å². The van der Waals surface area contributed by atoms with Crippen molar-refractivity contribution in [3.05, 3.63) is 47.7 Å². The molecule has 162 valence electrons. The smallest absolute Gasteiger partial charge is 0.220 e. The second kappa shape index (κ2) is 6.65. The molecule has 1 aromatic carbocycles. The Hall–Kier alpha value is -2.20. The van der Waals surface area contributed by atoms with E-state index in [0.717, 1.165) is 42.0 Å². The predicted octanol–water partition coefficient (Wildman–Crippen LogP) is 5.53. The first-order chi connectivity index (χ1) is 14.9. The summed E-state index contributed by atoms with van der Waals surface area (Å²) < 4.78 is 0. The van der Waals surface area contributed by atoms with Gasteiger partial charge in [0, 0.05) is 11.6 Å². The molecule has 0 amide bonds. The van der Waals surface area contributed by atoms with Crippen LogP contribution < -0.4 is 5.73 Å². The van der Waals surface area contributed by atoms with Crippen LogP contribution in [0.25, 0.3) is 16.5 Å². The number of fused-ring (bicyclic) bond motifs is 6. The topological polar surface area (TPSA) is 72.0 Å². The highest BCUT2D eigenvalue weighted by atomic mass is 16.3. The van der Waals surface area contributed by atoms with Gasteiger partial charge in [0.15, 0.2) is 0 Å². The summed E-state index contributed by atoms with van der Waals surface area (Å²) in [6.45, 7) is 5.02. The molecule has 0 saturated heterocycles. The Kier molecular flexibility index (Phi) is 4.18. The highest BCUT2D eigenvalue weighted by Gasteiger charge is 2.56. The van der Waals surface area contributed by atoms with Crippen LogP contribution in [0.4, 0.5) is 5.95 Å². The van der Waals surface area contributed by atoms with Gasteiger partial charge in [-0.25, -0.2) is 9.97 Å². The van der Waals surface area contributed by atoms with E-state index < -0.39 is 0 Å². The van der Waals surface area contributed by atoms with Gasteiger partial charge in [-0.3, -0.25) is 0 Å². The maximum Gasteiger partial charge on any atom is 0.220 e. The minimum atomic E-state index is -0.128. The molecule has 4 heteroatoms. The lowest BCUT2D eigenvalue weighted by Gasteiger charge is -2.57. The molecule has 4 aliphatic rings. The Morgan fingerprint density at radius 1 is 1.03 bits per heavy atom. The summed E-state index contributed by atoms with van der Waals surface area (Å²) in [5.41, 5.74) is 11.6. The van der Waals surface area contributed by atoms with E-state index in [1.807, 2.05) is 6.20 Å². The Balaban J connectivity index is 1.33. The summed E-state index contributed by atoms with van der Waals surface area (Å²) in [6.07, 6.45) is 14.7. The summed E-state index contributed by atoms with van der Waals surface area (Å²) in [6, 6.07) is 6.57. The number of aromatic nitrogens is 2. The van der Waals surface area contributed by atoms with Crippen LogP contribution in [0.1, 0.15) is 64.4 Å². The molecular weight excluding hydrogens is 382 g/mol. The third-order valence-corrected chi connectivity index (χ3v) is 9.57. The van der Waals surface area contributed by atoms with Gasteiger partial charge >= 0.3 is 0 Å². The zero-order valence-corrected chi connectivity index (χ0v) is 18.6. The SMILES string of the molecule is C[C@]12CC[C@H](O)CC1=CC[C@@H]1[C@@H]2CC[C@]2(C)C(c3ccc4nc(N)ncc4c3)=CC[C@@H]12. The first-order valence-electron chi connectivity index (χ1n) is 12.0. The molecule has 6 rings (SSSR count). The minimum absolute atomic E-state index is 0.128. The first kappa shape index (κ1) is 19.5. The summed E-state index contributed by atoms with van der Waals surface area (Å²) >= 11 is 0. The van der Waals surface area contributed by atoms with Gasteiger partial charge in [0.25, 0.3) is 0 Å². The van der Waals surface area contributed by atoms with Crippen molar-refractivity contribution in [2.75, 3.05) is 5.73 Å². The molecule has 0 radical (unpaired) electrons. The molecule has 2 saturated carbocycles. The monoisotopic (exact) mass is 415 g/mol. The number of rotatable bonds is 1. The first-order valence-corrected chi connectivity index (χ1v) is 12.0. The fraction of sp³-hybridized carbons (Fsp3) is 0.556. The highest BCUT2D eigenvalue weighted by Crippen LogP contribution is 2.66. The van der Waals surface area contributed by atoms with Crippen molar-refractivity contribution in [1.82, 2.24) is 9.97 Å². The summed E-state index contributed by atoms with van der Waals surface area (Å²) in [5.74, 6) is 2.55. The fourth-order valence-corrected chi connectivity index (χ4v) is 7.87. The minimum Gasteiger partial charge on any atom is -0.393 e. The fourth-order valence-electron chi connectivity index (χ4n) is 7.87. The largest absolute Gasteiger partial charge is 0.393 e. The molecule has 0 spiro atoms. The van der Waals surface area contributed by atoms with E-state index in [9.17, 15) is 5.11 Å². The van der Waals surface area contributed by atoms with Crippen molar-refractivity contribution in [2.24, 2.45) is 28.6 Å². The lowest BCUT2D eigenvalue weighted by atomic mass is 9.47. The van der Waals surface area contributed by atoms with Gasteiger partial charge in [-0.2, -0.15) is 0 Å². The van der Waals surface area contributed by atoms with Gasteiger partial charge in [-0.05, 0) is 96.8 Å². The van der Waals surface area contributed by atoms with E-state index in [4.69, 9.17) is 5.73 Å². The van der Waals surface area contributed by atoms with Crippen LogP contribution in [0.5, 0.6) is 0 Å². The molecule has 2 fully saturated rings. The van der Waals surface area contributed by atoms with Crippen LogP contribution >= 0.6 is 0 Å². The zero-order valence-electron chi connectivity index (χ0n) is 18.6. The second-order valence-electron chi connectivity index (χ2n) is 11.0. The Bertz CT molecular complexity index is 1120. The number of nitrogens with zero attached hydrogens (tertiary/aromatic N) is 2. The Morgan fingerprint density at radius 2 is 1.87 bits per heavy atom. The van der Waals surface area contributed by atoms with E-state index in [2.05, 4.69) is 54.2 Å². The van der Waals surface area contributed by atoms with Crippen molar-refractivity contribution in [2.45, 2.75) is 64.9 Å². The molecule has 1 heterocycles. The zero-order chi connectivity index (χ0) is 21.4. The van der Waals surface area contributed by atoms with Gasteiger partial charge in [0.2, 0.25) is 5.95 Å².